The topological polar surface area (TPSA) is 58.6 Å². The molecule has 1 atom stereocenters. The number of hydrogen-bond acceptors (Lipinski definition) is 3. The average molecular weight is 523 g/mol. The molecule has 0 saturated heterocycles. The number of nitrogens with zero attached hydrogens (tertiary/aromatic N) is 1. The van der Waals surface area contributed by atoms with Crippen molar-refractivity contribution < 1.29 is 14.3 Å². The number of carbonyl (C=O) groups excluding carboxylic acids is 2. The van der Waals surface area contributed by atoms with Gasteiger partial charge in [-0.05, 0) is 56.2 Å². The van der Waals surface area contributed by atoms with Gasteiger partial charge in [0.1, 0.15) is 11.8 Å². The van der Waals surface area contributed by atoms with Crippen molar-refractivity contribution >= 4 is 27.7 Å². The first-order valence-electron chi connectivity index (χ1n) is 11.3. The molecule has 3 aromatic carbocycles. The van der Waals surface area contributed by atoms with Crippen molar-refractivity contribution in [2.75, 3.05) is 6.61 Å². The number of nitrogens with one attached hydrogen (secondary N) is 1. The molecule has 5 nitrogen and oxygen atoms in total. The number of halogens is 1. The van der Waals surface area contributed by atoms with Crippen LogP contribution in [0.25, 0.3) is 0 Å². The highest BCUT2D eigenvalue weighted by atomic mass is 79.9. The van der Waals surface area contributed by atoms with Crippen LogP contribution in [0.3, 0.4) is 0 Å². The largest absolute Gasteiger partial charge is 0.484 e. The van der Waals surface area contributed by atoms with Gasteiger partial charge in [-0.2, -0.15) is 0 Å². The monoisotopic (exact) mass is 522 g/mol. The Kier molecular flexibility index (Phi) is 8.88. The number of amides is 2. The second-order valence-corrected chi connectivity index (χ2v) is 10.1. The third-order valence-corrected chi connectivity index (χ3v) is 5.67. The Morgan fingerprint density at radius 3 is 2.00 bits per heavy atom. The zero-order chi connectivity index (χ0) is 24.6. The Bertz CT molecular complexity index is 1060. The lowest BCUT2D eigenvalue weighted by Crippen LogP contribution is -2.55. The standard InChI is InChI=1S/C28H31BrN2O3/c1-28(2,3)30-27(33)25(18-21-10-6-4-7-11-21)31(19-22-12-8-5-9-13-22)26(32)20-34-24-16-14-23(29)15-17-24/h4-17,25H,18-20H2,1-3H3,(H,30,33)/t25-/m0/s1. The summed E-state index contributed by atoms with van der Waals surface area (Å²) in [4.78, 5) is 28.6. The Morgan fingerprint density at radius 1 is 0.882 bits per heavy atom. The smallest absolute Gasteiger partial charge is 0.261 e. The van der Waals surface area contributed by atoms with Gasteiger partial charge in [-0.3, -0.25) is 9.59 Å². The van der Waals surface area contributed by atoms with Crippen LogP contribution in [0.5, 0.6) is 5.75 Å². The molecule has 0 aromatic heterocycles. The lowest BCUT2D eigenvalue weighted by atomic mass is 10.0. The molecule has 1 N–H and O–H groups in total. The van der Waals surface area contributed by atoms with Crippen molar-refractivity contribution in [1.29, 1.82) is 0 Å². The zero-order valence-corrected chi connectivity index (χ0v) is 21.4. The van der Waals surface area contributed by atoms with E-state index in [4.69, 9.17) is 4.74 Å². The predicted octanol–water partition coefficient (Wildman–Crippen LogP) is 5.38. The van der Waals surface area contributed by atoms with Gasteiger partial charge in [-0.1, -0.05) is 76.6 Å². The fraction of sp³-hybridized carbons (Fsp3) is 0.286. The van der Waals surface area contributed by atoms with Gasteiger partial charge >= 0.3 is 0 Å². The molecule has 0 saturated carbocycles. The molecule has 0 bridgehead atoms. The van der Waals surface area contributed by atoms with Crippen molar-refractivity contribution in [3.63, 3.8) is 0 Å². The highest BCUT2D eigenvalue weighted by Gasteiger charge is 2.32. The SMILES string of the molecule is CC(C)(C)NC(=O)[C@H](Cc1ccccc1)N(Cc1ccccc1)C(=O)COc1ccc(Br)cc1. The van der Waals surface area contributed by atoms with Gasteiger partial charge in [-0.15, -0.1) is 0 Å². The second kappa shape index (κ2) is 11.8. The van der Waals surface area contributed by atoms with Crippen LogP contribution in [-0.4, -0.2) is 34.9 Å². The Morgan fingerprint density at radius 2 is 1.44 bits per heavy atom. The molecule has 0 aliphatic rings. The van der Waals surface area contributed by atoms with Crippen LogP contribution in [0.4, 0.5) is 0 Å². The fourth-order valence-electron chi connectivity index (χ4n) is 3.55. The van der Waals surface area contributed by atoms with Gasteiger partial charge in [0.2, 0.25) is 5.91 Å². The third kappa shape index (κ3) is 8.03. The van der Waals surface area contributed by atoms with E-state index in [9.17, 15) is 9.59 Å². The van der Waals surface area contributed by atoms with Crippen LogP contribution in [0.15, 0.2) is 89.4 Å². The molecule has 0 heterocycles. The maximum Gasteiger partial charge on any atom is 0.261 e. The van der Waals surface area contributed by atoms with Crippen molar-refractivity contribution in [1.82, 2.24) is 10.2 Å². The first-order chi connectivity index (χ1) is 16.2. The van der Waals surface area contributed by atoms with Gasteiger partial charge in [0, 0.05) is 23.0 Å². The summed E-state index contributed by atoms with van der Waals surface area (Å²) < 4.78 is 6.71. The Labute approximate surface area is 210 Å². The van der Waals surface area contributed by atoms with Crippen LogP contribution >= 0.6 is 15.9 Å². The van der Waals surface area contributed by atoms with Gasteiger partial charge in [0.15, 0.2) is 6.61 Å². The highest BCUT2D eigenvalue weighted by molar-refractivity contribution is 9.10. The van der Waals surface area contributed by atoms with Crippen LogP contribution in [0.2, 0.25) is 0 Å². The Hall–Kier alpha value is -3.12. The molecule has 3 aromatic rings. The minimum Gasteiger partial charge on any atom is -0.484 e. The van der Waals surface area contributed by atoms with Gasteiger partial charge in [-0.25, -0.2) is 0 Å². The summed E-state index contributed by atoms with van der Waals surface area (Å²) in [5, 5.41) is 3.06. The number of ether oxygens (including phenoxy) is 1. The van der Waals surface area contributed by atoms with E-state index in [0.29, 0.717) is 18.7 Å². The van der Waals surface area contributed by atoms with E-state index in [1.165, 1.54) is 0 Å². The van der Waals surface area contributed by atoms with E-state index in [0.717, 1.165) is 15.6 Å². The summed E-state index contributed by atoms with van der Waals surface area (Å²) in [6.07, 6.45) is 0.402. The molecule has 178 valence electrons. The minimum absolute atomic E-state index is 0.164. The molecule has 2 amide bonds. The van der Waals surface area contributed by atoms with E-state index in [2.05, 4.69) is 21.2 Å². The maximum atomic E-state index is 13.5. The summed E-state index contributed by atoms with van der Waals surface area (Å²) in [6.45, 7) is 5.94. The quantitative estimate of drug-likeness (QED) is 0.410. The molecule has 0 unspecified atom stereocenters. The summed E-state index contributed by atoms with van der Waals surface area (Å²) in [7, 11) is 0. The third-order valence-electron chi connectivity index (χ3n) is 5.14. The number of carbonyl (C=O) groups is 2. The lowest BCUT2D eigenvalue weighted by molar-refractivity contribution is -0.143. The molecule has 34 heavy (non-hydrogen) atoms. The van der Waals surface area contributed by atoms with E-state index >= 15 is 0 Å². The molecule has 0 spiro atoms. The summed E-state index contributed by atoms with van der Waals surface area (Å²) in [5.41, 5.74) is 1.50. The number of benzene rings is 3. The van der Waals surface area contributed by atoms with Crippen LogP contribution in [-0.2, 0) is 22.6 Å². The van der Waals surface area contributed by atoms with Gasteiger partial charge in [0.05, 0.1) is 0 Å². The van der Waals surface area contributed by atoms with Crippen LogP contribution in [0, 0.1) is 0 Å². The second-order valence-electron chi connectivity index (χ2n) is 9.19. The molecular formula is C28H31BrN2O3. The van der Waals surface area contributed by atoms with E-state index in [1.54, 1.807) is 17.0 Å². The average Bonchev–Trinajstić information content (AvgIpc) is 2.81. The highest BCUT2D eigenvalue weighted by Crippen LogP contribution is 2.19. The first-order valence-corrected chi connectivity index (χ1v) is 12.1. The molecule has 0 aliphatic carbocycles. The van der Waals surface area contributed by atoms with Crippen molar-refractivity contribution in [2.45, 2.75) is 45.3 Å². The van der Waals surface area contributed by atoms with E-state index in [-0.39, 0.29) is 18.4 Å². The predicted molar refractivity (Wildman–Crippen MR) is 138 cm³/mol. The number of rotatable bonds is 9. The van der Waals surface area contributed by atoms with Gasteiger partial charge in [0.25, 0.3) is 5.91 Å². The zero-order valence-electron chi connectivity index (χ0n) is 19.8. The van der Waals surface area contributed by atoms with Crippen LogP contribution < -0.4 is 10.1 Å². The molecule has 6 heteroatoms. The summed E-state index contributed by atoms with van der Waals surface area (Å²) in [5.74, 6) is 0.149. The molecule has 3 rings (SSSR count). The molecular weight excluding hydrogens is 492 g/mol. The van der Waals surface area contributed by atoms with E-state index in [1.807, 2.05) is 93.6 Å². The van der Waals surface area contributed by atoms with Crippen molar-refractivity contribution in [2.24, 2.45) is 0 Å². The molecule has 0 fully saturated rings. The first kappa shape index (κ1) is 25.5. The molecule has 0 aliphatic heterocycles. The summed E-state index contributed by atoms with van der Waals surface area (Å²) in [6, 6.07) is 26.1. The normalized spacial score (nSPS) is 12.0. The molecule has 0 radical (unpaired) electrons. The Balaban J connectivity index is 1.89. The van der Waals surface area contributed by atoms with Gasteiger partial charge < -0.3 is 15.0 Å². The van der Waals surface area contributed by atoms with E-state index < -0.39 is 11.6 Å². The van der Waals surface area contributed by atoms with Crippen molar-refractivity contribution in [3.8, 4) is 5.75 Å². The lowest BCUT2D eigenvalue weighted by Gasteiger charge is -2.33. The van der Waals surface area contributed by atoms with Crippen molar-refractivity contribution in [3.05, 3.63) is 101 Å². The maximum absolute atomic E-state index is 13.5. The van der Waals surface area contributed by atoms with Crippen LogP contribution in [0.1, 0.15) is 31.9 Å². The fourth-order valence-corrected chi connectivity index (χ4v) is 3.81. The number of hydrogen-bond donors (Lipinski definition) is 1. The minimum atomic E-state index is -0.692. The summed E-state index contributed by atoms with van der Waals surface area (Å²) >= 11 is 3.40.